The molecule has 20 heavy (non-hydrogen) atoms. The molecule has 0 saturated heterocycles. The highest BCUT2D eigenvalue weighted by Crippen LogP contribution is 2.26. The normalized spacial score (nSPS) is 14.8. The number of ether oxygens (including phenoxy) is 2. The van der Waals surface area contributed by atoms with E-state index in [0.29, 0.717) is 6.54 Å². The fraction of sp³-hybridized carbons (Fsp3) is 0.625. The predicted octanol–water partition coefficient (Wildman–Crippen LogP) is 2.02. The molecule has 4 heteroatoms. The van der Waals surface area contributed by atoms with Crippen LogP contribution in [0.5, 0.6) is 5.75 Å². The van der Waals surface area contributed by atoms with Gasteiger partial charge in [0.2, 0.25) is 0 Å². The van der Waals surface area contributed by atoms with Crippen LogP contribution in [0.2, 0.25) is 0 Å². The van der Waals surface area contributed by atoms with Gasteiger partial charge in [-0.1, -0.05) is 18.2 Å². The van der Waals surface area contributed by atoms with Crippen molar-refractivity contribution < 1.29 is 9.47 Å². The van der Waals surface area contributed by atoms with Crippen LogP contribution in [0.1, 0.15) is 24.8 Å². The average molecular weight is 278 g/mol. The van der Waals surface area contributed by atoms with E-state index in [-0.39, 0.29) is 0 Å². The second-order valence-corrected chi connectivity index (χ2v) is 5.27. The number of hydrogen-bond acceptors (Lipinski definition) is 4. The van der Waals surface area contributed by atoms with Crippen LogP contribution in [0, 0.1) is 0 Å². The fourth-order valence-corrected chi connectivity index (χ4v) is 2.39. The first-order valence-electron chi connectivity index (χ1n) is 7.49. The molecule has 1 aliphatic carbocycles. The maximum Gasteiger partial charge on any atom is 0.123 e. The van der Waals surface area contributed by atoms with Crippen molar-refractivity contribution in [3.8, 4) is 5.75 Å². The molecule has 0 spiro atoms. The lowest BCUT2D eigenvalue weighted by atomic mass is 10.2. The van der Waals surface area contributed by atoms with E-state index >= 15 is 0 Å². The molecule has 0 atom stereocenters. The van der Waals surface area contributed by atoms with Gasteiger partial charge in [0.15, 0.2) is 0 Å². The van der Waals surface area contributed by atoms with Gasteiger partial charge in [0.05, 0.1) is 13.2 Å². The van der Waals surface area contributed by atoms with Crippen molar-refractivity contribution >= 4 is 0 Å². The number of methoxy groups -OCH3 is 1. The average Bonchev–Trinajstić information content (AvgIpc) is 3.31. The third-order valence-electron chi connectivity index (χ3n) is 3.69. The van der Waals surface area contributed by atoms with E-state index in [0.717, 1.165) is 50.1 Å². The van der Waals surface area contributed by atoms with Crippen molar-refractivity contribution in [2.24, 2.45) is 5.73 Å². The third kappa shape index (κ3) is 4.78. The van der Waals surface area contributed by atoms with Gasteiger partial charge in [0, 0.05) is 38.3 Å². The summed E-state index contributed by atoms with van der Waals surface area (Å²) in [4.78, 5) is 2.52. The molecular formula is C16H26N2O2. The molecule has 1 aromatic rings. The van der Waals surface area contributed by atoms with Crippen molar-refractivity contribution in [3.63, 3.8) is 0 Å². The van der Waals surface area contributed by atoms with E-state index < -0.39 is 0 Å². The predicted molar refractivity (Wildman–Crippen MR) is 80.9 cm³/mol. The Kier molecular flexibility index (Phi) is 6.30. The minimum absolute atomic E-state index is 0.526. The Morgan fingerprint density at radius 2 is 2.00 bits per heavy atom. The summed E-state index contributed by atoms with van der Waals surface area (Å²) in [6, 6.07) is 8.77. The number of para-hydroxylation sites is 1. The third-order valence-corrected chi connectivity index (χ3v) is 3.69. The maximum absolute atomic E-state index is 5.85. The zero-order chi connectivity index (χ0) is 14.2. The number of nitrogens with zero attached hydrogens (tertiary/aromatic N) is 1. The highest BCUT2D eigenvalue weighted by atomic mass is 16.5. The Labute approximate surface area is 121 Å². The molecule has 0 unspecified atom stereocenters. The van der Waals surface area contributed by atoms with Crippen molar-refractivity contribution in [1.29, 1.82) is 0 Å². The first-order valence-corrected chi connectivity index (χ1v) is 7.49. The summed E-state index contributed by atoms with van der Waals surface area (Å²) < 4.78 is 11.0. The number of benzene rings is 1. The van der Waals surface area contributed by atoms with E-state index in [9.17, 15) is 0 Å². The van der Waals surface area contributed by atoms with Crippen LogP contribution in [-0.4, -0.2) is 44.4 Å². The Morgan fingerprint density at radius 1 is 1.20 bits per heavy atom. The zero-order valence-corrected chi connectivity index (χ0v) is 12.4. The van der Waals surface area contributed by atoms with Gasteiger partial charge in [-0.05, 0) is 25.3 Å². The van der Waals surface area contributed by atoms with Crippen molar-refractivity contribution in [3.05, 3.63) is 29.8 Å². The first-order chi connectivity index (χ1) is 9.85. The molecular weight excluding hydrogens is 252 g/mol. The maximum atomic E-state index is 5.85. The molecule has 0 radical (unpaired) electrons. The molecule has 0 heterocycles. The molecule has 0 bridgehead atoms. The summed E-state index contributed by atoms with van der Waals surface area (Å²) in [6.07, 6.45) is 3.71. The van der Waals surface area contributed by atoms with Crippen LogP contribution >= 0.6 is 0 Å². The number of rotatable bonds is 10. The van der Waals surface area contributed by atoms with Gasteiger partial charge in [-0.2, -0.15) is 0 Å². The molecule has 2 rings (SSSR count). The fourth-order valence-electron chi connectivity index (χ4n) is 2.39. The lowest BCUT2D eigenvalue weighted by Crippen LogP contribution is -2.31. The quantitative estimate of drug-likeness (QED) is 0.665. The van der Waals surface area contributed by atoms with E-state index in [1.165, 1.54) is 12.8 Å². The summed E-state index contributed by atoms with van der Waals surface area (Å²) in [5.41, 5.74) is 6.78. The first kappa shape index (κ1) is 15.3. The topological polar surface area (TPSA) is 47.7 Å². The molecule has 0 amide bonds. The van der Waals surface area contributed by atoms with Gasteiger partial charge < -0.3 is 15.2 Å². The Hall–Kier alpha value is -1.10. The van der Waals surface area contributed by atoms with Gasteiger partial charge in [-0.25, -0.2) is 0 Å². The molecule has 112 valence electrons. The largest absolute Gasteiger partial charge is 0.493 e. The molecule has 1 saturated carbocycles. The molecule has 1 fully saturated rings. The zero-order valence-electron chi connectivity index (χ0n) is 12.4. The lowest BCUT2D eigenvalue weighted by Gasteiger charge is -2.21. The molecule has 0 aromatic heterocycles. The van der Waals surface area contributed by atoms with E-state index in [2.05, 4.69) is 4.90 Å². The minimum atomic E-state index is 0.526. The van der Waals surface area contributed by atoms with Crippen molar-refractivity contribution in [2.75, 3.05) is 33.4 Å². The van der Waals surface area contributed by atoms with Gasteiger partial charge in [0.1, 0.15) is 5.75 Å². The lowest BCUT2D eigenvalue weighted by molar-refractivity contribution is 0.138. The monoisotopic (exact) mass is 278 g/mol. The summed E-state index contributed by atoms with van der Waals surface area (Å²) in [5.74, 6) is 0.921. The van der Waals surface area contributed by atoms with E-state index in [1.54, 1.807) is 7.11 Å². The van der Waals surface area contributed by atoms with Crippen molar-refractivity contribution in [1.82, 2.24) is 4.90 Å². The highest BCUT2D eigenvalue weighted by molar-refractivity contribution is 5.32. The summed E-state index contributed by atoms with van der Waals surface area (Å²) in [5, 5.41) is 0. The highest BCUT2D eigenvalue weighted by Gasteiger charge is 2.27. The minimum Gasteiger partial charge on any atom is -0.493 e. The Balaban J connectivity index is 1.69. The van der Waals surface area contributed by atoms with Crippen LogP contribution < -0.4 is 10.5 Å². The van der Waals surface area contributed by atoms with Gasteiger partial charge in [-0.3, -0.25) is 4.90 Å². The van der Waals surface area contributed by atoms with Crippen molar-refractivity contribution in [2.45, 2.75) is 31.8 Å². The standard InChI is InChI=1S/C16H26N2O2/c1-19-12-10-18(15-7-8-15)9-4-11-20-16-6-3-2-5-14(16)13-17/h2-3,5-6,15H,4,7-13,17H2,1H3. The summed E-state index contributed by atoms with van der Waals surface area (Å²) >= 11 is 0. The van der Waals surface area contributed by atoms with Gasteiger partial charge in [0.25, 0.3) is 0 Å². The van der Waals surface area contributed by atoms with Gasteiger partial charge in [-0.15, -0.1) is 0 Å². The molecule has 1 aliphatic rings. The number of hydrogen-bond donors (Lipinski definition) is 1. The molecule has 1 aromatic carbocycles. The van der Waals surface area contributed by atoms with Crippen LogP contribution in [0.3, 0.4) is 0 Å². The molecule has 4 nitrogen and oxygen atoms in total. The summed E-state index contributed by atoms with van der Waals surface area (Å²) in [7, 11) is 1.76. The van der Waals surface area contributed by atoms with Crippen LogP contribution in [0.4, 0.5) is 0 Å². The van der Waals surface area contributed by atoms with Crippen LogP contribution in [0.25, 0.3) is 0 Å². The van der Waals surface area contributed by atoms with E-state index in [4.69, 9.17) is 15.2 Å². The summed E-state index contributed by atoms with van der Waals surface area (Å²) in [6.45, 7) is 4.19. The van der Waals surface area contributed by atoms with E-state index in [1.807, 2.05) is 24.3 Å². The number of nitrogens with two attached hydrogens (primary N) is 1. The van der Waals surface area contributed by atoms with Crippen LogP contribution in [0.15, 0.2) is 24.3 Å². The Morgan fingerprint density at radius 3 is 2.70 bits per heavy atom. The molecule has 0 aliphatic heterocycles. The SMILES string of the molecule is COCCN(CCCOc1ccccc1CN)C1CC1. The second kappa shape index (κ2) is 8.25. The van der Waals surface area contributed by atoms with Crippen LogP contribution in [-0.2, 0) is 11.3 Å². The Bertz CT molecular complexity index is 394. The van der Waals surface area contributed by atoms with Gasteiger partial charge >= 0.3 is 0 Å². The smallest absolute Gasteiger partial charge is 0.123 e. The molecule has 2 N–H and O–H groups in total. The second-order valence-electron chi connectivity index (χ2n) is 5.27.